The van der Waals surface area contributed by atoms with Crippen molar-refractivity contribution in [2.45, 2.75) is 45.1 Å². The van der Waals surface area contributed by atoms with E-state index in [1.54, 1.807) is 0 Å². The Morgan fingerprint density at radius 1 is 1.43 bits per heavy atom. The highest BCUT2D eigenvalue weighted by Gasteiger charge is 2.34. The molecule has 4 nitrogen and oxygen atoms in total. The van der Waals surface area contributed by atoms with Crippen molar-refractivity contribution in [1.29, 1.82) is 0 Å². The molecule has 1 aliphatic carbocycles. The van der Waals surface area contributed by atoms with Crippen molar-refractivity contribution in [1.82, 2.24) is 15.1 Å². The van der Waals surface area contributed by atoms with Crippen LogP contribution in [-0.2, 0) is 0 Å². The number of unbranched alkanes of at least 4 members (excludes halogenated alkanes) is 1. The van der Waals surface area contributed by atoms with Crippen LogP contribution < -0.4 is 5.32 Å². The van der Waals surface area contributed by atoms with Gasteiger partial charge in [-0.3, -0.25) is 4.99 Å². The van der Waals surface area contributed by atoms with E-state index in [9.17, 15) is 0 Å². The lowest BCUT2D eigenvalue weighted by atomic mass is 10.1. The number of aliphatic imine (C=N–C) groups is 1. The molecule has 0 aromatic carbocycles. The van der Waals surface area contributed by atoms with E-state index < -0.39 is 0 Å². The molecule has 1 saturated heterocycles. The second kappa shape index (κ2) is 8.42. The third-order valence-corrected chi connectivity index (χ3v) is 4.48. The first kappa shape index (κ1) is 16.3. The molecular weight excluding hydrogens is 260 g/mol. The van der Waals surface area contributed by atoms with E-state index in [0.717, 1.165) is 50.4 Å². The standard InChI is InChI=1S/C17H32N4/c1-4-6-7-11-20(3)17(18-5-2)19-13-15-10-12-21(14-15)16-8-9-16/h4,15-16H,1,5-14H2,2-3H3,(H,18,19). The van der Waals surface area contributed by atoms with Crippen LogP contribution in [0.25, 0.3) is 0 Å². The van der Waals surface area contributed by atoms with E-state index >= 15 is 0 Å². The average molecular weight is 292 g/mol. The lowest BCUT2D eigenvalue weighted by Crippen LogP contribution is -2.39. The highest BCUT2D eigenvalue weighted by Crippen LogP contribution is 2.31. The zero-order chi connectivity index (χ0) is 15.1. The van der Waals surface area contributed by atoms with Crippen molar-refractivity contribution < 1.29 is 0 Å². The van der Waals surface area contributed by atoms with Crippen LogP contribution in [0.3, 0.4) is 0 Å². The quantitative estimate of drug-likeness (QED) is 0.322. The summed E-state index contributed by atoms with van der Waals surface area (Å²) < 4.78 is 0. The van der Waals surface area contributed by atoms with Crippen molar-refractivity contribution in [2.24, 2.45) is 10.9 Å². The van der Waals surface area contributed by atoms with E-state index in [0.29, 0.717) is 0 Å². The number of nitrogens with zero attached hydrogens (tertiary/aromatic N) is 3. The minimum atomic E-state index is 0.751. The summed E-state index contributed by atoms with van der Waals surface area (Å²) in [6.07, 6.45) is 8.36. The monoisotopic (exact) mass is 292 g/mol. The van der Waals surface area contributed by atoms with Crippen LogP contribution in [-0.4, -0.2) is 61.6 Å². The Morgan fingerprint density at radius 2 is 2.24 bits per heavy atom. The third kappa shape index (κ3) is 5.34. The van der Waals surface area contributed by atoms with E-state index in [2.05, 4.69) is 35.7 Å². The molecule has 1 saturated carbocycles. The number of hydrogen-bond donors (Lipinski definition) is 1. The number of rotatable bonds is 8. The molecule has 0 bridgehead atoms. The molecule has 1 heterocycles. The van der Waals surface area contributed by atoms with Crippen LogP contribution in [0.4, 0.5) is 0 Å². The van der Waals surface area contributed by atoms with Gasteiger partial charge in [0.25, 0.3) is 0 Å². The van der Waals surface area contributed by atoms with Crippen molar-refractivity contribution >= 4 is 5.96 Å². The molecule has 120 valence electrons. The van der Waals surface area contributed by atoms with E-state index in [-0.39, 0.29) is 0 Å². The zero-order valence-corrected chi connectivity index (χ0v) is 13.9. The zero-order valence-electron chi connectivity index (χ0n) is 13.9. The summed E-state index contributed by atoms with van der Waals surface area (Å²) in [7, 11) is 2.13. The Bertz CT molecular complexity index is 349. The van der Waals surface area contributed by atoms with Crippen molar-refractivity contribution in [3.8, 4) is 0 Å². The molecule has 1 N–H and O–H groups in total. The number of likely N-dealkylation sites (tertiary alicyclic amines) is 1. The highest BCUT2D eigenvalue weighted by molar-refractivity contribution is 5.79. The Hall–Kier alpha value is -1.03. The first-order valence-corrected chi connectivity index (χ1v) is 8.59. The number of guanidine groups is 1. The van der Waals surface area contributed by atoms with Crippen LogP contribution in [0.5, 0.6) is 0 Å². The van der Waals surface area contributed by atoms with Gasteiger partial charge in [0.2, 0.25) is 0 Å². The van der Waals surface area contributed by atoms with Crippen LogP contribution in [0.2, 0.25) is 0 Å². The van der Waals surface area contributed by atoms with Gasteiger partial charge >= 0.3 is 0 Å². The number of allylic oxidation sites excluding steroid dienone is 1. The molecule has 0 aromatic rings. The summed E-state index contributed by atoms with van der Waals surface area (Å²) in [5, 5.41) is 3.42. The molecule has 1 atom stereocenters. The summed E-state index contributed by atoms with van der Waals surface area (Å²) >= 11 is 0. The number of nitrogens with one attached hydrogen (secondary N) is 1. The van der Waals surface area contributed by atoms with E-state index in [1.807, 2.05) is 6.08 Å². The smallest absolute Gasteiger partial charge is 0.193 e. The van der Waals surface area contributed by atoms with Crippen LogP contribution in [0.1, 0.15) is 39.0 Å². The third-order valence-electron chi connectivity index (χ3n) is 4.48. The molecule has 0 radical (unpaired) electrons. The predicted octanol–water partition coefficient (Wildman–Crippen LogP) is 2.33. The first-order valence-electron chi connectivity index (χ1n) is 8.59. The van der Waals surface area contributed by atoms with Gasteiger partial charge in [0, 0.05) is 39.3 Å². The molecule has 0 aromatic heterocycles. The SMILES string of the molecule is C=CCCCN(C)C(=NCC1CCN(C2CC2)C1)NCC. The van der Waals surface area contributed by atoms with Crippen molar-refractivity contribution in [3.63, 3.8) is 0 Å². The van der Waals surface area contributed by atoms with Crippen molar-refractivity contribution in [3.05, 3.63) is 12.7 Å². The topological polar surface area (TPSA) is 30.9 Å². The maximum absolute atomic E-state index is 4.87. The Balaban J connectivity index is 1.77. The Morgan fingerprint density at radius 3 is 2.90 bits per heavy atom. The van der Waals surface area contributed by atoms with E-state index in [4.69, 9.17) is 4.99 Å². The fourth-order valence-corrected chi connectivity index (χ4v) is 3.05. The fraction of sp³-hybridized carbons (Fsp3) is 0.824. The van der Waals surface area contributed by atoms with Crippen molar-refractivity contribution in [2.75, 3.05) is 39.8 Å². The summed E-state index contributed by atoms with van der Waals surface area (Å²) in [5.74, 6) is 1.81. The molecular formula is C17H32N4. The average Bonchev–Trinajstić information content (AvgIpc) is 3.23. The van der Waals surface area contributed by atoms with Gasteiger partial charge < -0.3 is 15.1 Å². The molecule has 2 aliphatic rings. The lowest BCUT2D eigenvalue weighted by molar-refractivity contribution is 0.315. The normalized spacial score (nSPS) is 23.3. The van der Waals surface area contributed by atoms with Gasteiger partial charge in [-0.25, -0.2) is 0 Å². The molecule has 0 spiro atoms. The van der Waals surface area contributed by atoms with Gasteiger partial charge in [0.1, 0.15) is 0 Å². The second-order valence-corrected chi connectivity index (χ2v) is 6.43. The van der Waals surface area contributed by atoms with Crippen LogP contribution in [0, 0.1) is 5.92 Å². The van der Waals surface area contributed by atoms with Gasteiger partial charge in [0.05, 0.1) is 0 Å². The van der Waals surface area contributed by atoms with Crippen LogP contribution in [0.15, 0.2) is 17.6 Å². The fourth-order valence-electron chi connectivity index (χ4n) is 3.05. The predicted molar refractivity (Wildman–Crippen MR) is 90.7 cm³/mol. The van der Waals surface area contributed by atoms with Gasteiger partial charge in [-0.05, 0) is 51.5 Å². The molecule has 0 amide bonds. The summed E-state index contributed by atoms with van der Waals surface area (Å²) in [5.41, 5.74) is 0. The Labute approximate surface area is 130 Å². The van der Waals surface area contributed by atoms with Crippen LogP contribution >= 0.6 is 0 Å². The Kier molecular flexibility index (Phi) is 6.55. The molecule has 2 fully saturated rings. The molecule has 1 unspecified atom stereocenters. The van der Waals surface area contributed by atoms with Gasteiger partial charge in [-0.1, -0.05) is 6.08 Å². The summed E-state index contributed by atoms with van der Waals surface area (Å²) in [6.45, 7) is 11.4. The molecule has 2 rings (SSSR count). The maximum Gasteiger partial charge on any atom is 0.193 e. The minimum Gasteiger partial charge on any atom is -0.357 e. The summed E-state index contributed by atoms with van der Waals surface area (Å²) in [6, 6.07) is 0.911. The summed E-state index contributed by atoms with van der Waals surface area (Å²) in [4.78, 5) is 9.79. The second-order valence-electron chi connectivity index (χ2n) is 6.43. The molecule has 21 heavy (non-hydrogen) atoms. The van der Waals surface area contributed by atoms with Gasteiger partial charge in [-0.15, -0.1) is 6.58 Å². The van der Waals surface area contributed by atoms with Gasteiger partial charge in [0.15, 0.2) is 5.96 Å². The number of hydrogen-bond acceptors (Lipinski definition) is 2. The van der Waals surface area contributed by atoms with E-state index in [1.165, 1.54) is 32.4 Å². The first-order chi connectivity index (χ1) is 10.2. The largest absolute Gasteiger partial charge is 0.357 e. The lowest BCUT2D eigenvalue weighted by Gasteiger charge is -2.22. The highest BCUT2D eigenvalue weighted by atomic mass is 15.3. The minimum absolute atomic E-state index is 0.751. The van der Waals surface area contributed by atoms with Gasteiger partial charge in [-0.2, -0.15) is 0 Å². The maximum atomic E-state index is 4.87. The molecule has 4 heteroatoms. The molecule has 1 aliphatic heterocycles.